The monoisotopic (exact) mass is 284 g/mol. The van der Waals surface area contributed by atoms with Crippen LogP contribution in [0.5, 0.6) is 0 Å². The lowest BCUT2D eigenvalue weighted by Crippen LogP contribution is -2.55. The first-order valence-corrected chi connectivity index (χ1v) is 6.08. The lowest BCUT2D eigenvalue weighted by atomic mass is 10.0. The normalized spacial score (nSPS) is 20.7. The van der Waals surface area contributed by atoms with Gasteiger partial charge in [0.2, 0.25) is 0 Å². The third-order valence-corrected chi connectivity index (χ3v) is 2.92. The SMILES string of the molecule is C[N+](C)(CC(O)CO)C[C@H](O)C(O)C(O)[C@H](O)CO. The fraction of sp³-hybridized carbons (Fsp3) is 1.00. The number of rotatable bonds is 9. The van der Waals surface area contributed by atoms with Gasteiger partial charge in [0, 0.05) is 0 Å². The van der Waals surface area contributed by atoms with Gasteiger partial charge in [-0.25, -0.2) is 0 Å². The third kappa shape index (κ3) is 6.59. The highest BCUT2D eigenvalue weighted by molar-refractivity contribution is 4.80. The van der Waals surface area contributed by atoms with E-state index in [1.165, 1.54) is 0 Å². The van der Waals surface area contributed by atoms with Gasteiger partial charge in [0.15, 0.2) is 0 Å². The molecule has 0 aromatic rings. The summed E-state index contributed by atoms with van der Waals surface area (Å²) in [6.45, 7) is -0.995. The maximum Gasteiger partial charge on any atom is 0.131 e. The van der Waals surface area contributed by atoms with Gasteiger partial charge < -0.3 is 40.2 Å². The van der Waals surface area contributed by atoms with Crippen molar-refractivity contribution < 1.29 is 40.2 Å². The van der Waals surface area contributed by atoms with Crippen LogP contribution in [0.25, 0.3) is 0 Å². The average Bonchev–Trinajstić information content (AvgIpc) is 2.34. The summed E-state index contributed by atoms with van der Waals surface area (Å²) in [4.78, 5) is 0. The predicted molar refractivity (Wildman–Crippen MR) is 66.0 cm³/mol. The highest BCUT2D eigenvalue weighted by Crippen LogP contribution is 2.10. The Morgan fingerprint density at radius 1 is 0.737 bits per heavy atom. The number of nitrogens with zero attached hydrogens (tertiary/aromatic N) is 1. The zero-order chi connectivity index (χ0) is 15.2. The molecule has 116 valence electrons. The molecule has 0 spiro atoms. The summed E-state index contributed by atoms with van der Waals surface area (Å²) in [6.07, 6.45) is -7.12. The second-order valence-electron chi connectivity index (χ2n) is 5.44. The van der Waals surface area contributed by atoms with Crippen molar-refractivity contribution in [3.05, 3.63) is 0 Å². The first-order valence-electron chi connectivity index (χ1n) is 6.08. The van der Waals surface area contributed by atoms with Crippen molar-refractivity contribution >= 4 is 0 Å². The number of likely N-dealkylation sites (N-methyl/N-ethyl adjacent to an activating group) is 1. The van der Waals surface area contributed by atoms with Gasteiger partial charge in [-0.2, -0.15) is 0 Å². The van der Waals surface area contributed by atoms with Crippen molar-refractivity contribution in [2.24, 2.45) is 0 Å². The molecule has 0 aliphatic rings. The quantitative estimate of drug-likeness (QED) is 0.213. The minimum Gasteiger partial charge on any atom is -0.394 e. The van der Waals surface area contributed by atoms with Gasteiger partial charge >= 0.3 is 0 Å². The van der Waals surface area contributed by atoms with Crippen LogP contribution >= 0.6 is 0 Å². The lowest BCUT2D eigenvalue weighted by molar-refractivity contribution is -0.897. The molecular formula is C11H26NO7+. The zero-order valence-electron chi connectivity index (χ0n) is 11.3. The number of quaternary nitrogens is 1. The average molecular weight is 284 g/mol. The van der Waals surface area contributed by atoms with E-state index in [0.717, 1.165) is 0 Å². The summed E-state index contributed by atoms with van der Waals surface area (Å²) in [6, 6.07) is 0. The molecule has 0 rings (SSSR count). The van der Waals surface area contributed by atoms with Crippen molar-refractivity contribution in [2.45, 2.75) is 30.5 Å². The number of hydrogen-bond acceptors (Lipinski definition) is 7. The van der Waals surface area contributed by atoms with Crippen molar-refractivity contribution in [3.63, 3.8) is 0 Å². The molecule has 5 atom stereocenters. The molecule has 0 aliphatic carbocycles. The van der Waals surface area contributed by atoms with Crippen LogP contribution in [0, 0.1) is 0 Å². The molecule has 0 aromatic carbocycles. The number of aliphatic hydroxyl groups is 7. The molecule has 3 unspecified atom stereocenters. The van der Waals surface area contributed by atoms with E-state index in [0.29, 0.717) is 0 Å². The molecule has 0 saturated heterocycles. The highest BCUT2D eigenvalue weighted by Gasteiger charge is 2.34. The maximum atomic E-state index is 9.79. The van der Waals surface area contributed by atoms with Crippen molar-refractivity contribution in [1.29, 1.82) is 0 Å². The molecule has 0 aliphatic heterocycles. The first kappa shape index (κ1) is 18.7. The van der Waals surface area contributed by atoms with Gasteiger partial charge in [-0.1, -0.05) is 0 Å². The summed E-state index contributed by atoms with van der Waals surface area (Å²) in [7, 11) is 3.34. The molecule has 0 aromatic heterocycles. The van der Waals surface area contributed by atoms with Gasteiger partial charge in [-0.15, -0.1) is 0 Å². The molecular weight excluding hydrogens is 258 g/mol. The Kier molecular flexibility index (Phi) is 7.94. The molecule has 8 heteroatoms. The Balaban J connectivity index is 4.45. The Hall–Kier alpha value is -0.320. The lowest BCUT2D eigenvalue weighted by Gasteiger charge is -2.35. The Labute approximate surface area is 112 Å². The van der Waals surface area contributed by atoms with Crippen LogP contribution in [-0.2, 0) is 0 Å². The summed E-state index contributed by atoms with van der Waals surface area (Å²) < 4.78 is 0.0991. The molecule has 0 fully saturated rings. The zero-order valence-corrected chi connectivity index (χ0v) is 11.3. The van der Waals surface area contributed by atoms with E-state index in [9.17, 15) is 25.5 Å². The fourth-order valence-electron chi connectivity index (χ4n) is 1.88. The van der Waals surface area contributed by atoms with E-state index in [1.54, 1.807) is 14.1 Å². The molecule has 0 amide bonds. The van der Waals surface area contributed by atoms with E-state index in [-0.39, 0.29) is 17.6 Å². The largest absolute Gasteiger partial charge is 0.394 e. The van der Waals surface area contributed by atoms with Crippen molar-refractivity contribution in [3.8, 4) is 0 Å². The fourth-order valence-corrected chi connectivity index (χ4v) is 1.88. The Morgan fingerprint density at radius 2 is 1.21 bits per heavy atom. The van der Waals surface area contributed by atoms with Crippen LogP contribution in [-0.4, -0.2) is 111 Å². The van der Waals surface area contributed by atoms with Crippen LogP contribution in [0.3, 0.4) is 0 Å². The second-order valence-corrected chi connectivity index (χ2v) is 5.44. The topological polar surface area (TPSA) is 142 Å². The summed E-state index contributed by atoms with van der Waals surface area (Å²) >= 11 is 0. The summed E-state index contributed by atoms with van der Waals surface area (Å²) in [5.74, 6) is 0. The van der Waals surface area contributed by atoms with Crippen LogP contribution < -0.4 is 0 Å². The van der Waals surface area contributed by atoms with Gasteiger partial charge in [0.05, 0.1) is 27.3 Å². The molecule has 7 N–H and O–H groups in total. The van der Waals surface area contributed by atoms with Gasteiger partial charge in [0.25, 0.3) is 0 Å². The summed E-state index contributed by atoms with van der Waals surface area (Å²) in [5.41, 5.74) is 0. The van der Waals surface area contributed by atoms with Crippen molar-refractivity contribution in [1.82, 2.24) is 0 Å². The molecule has 0 bridgehead atoms. The molecule has 0 heterocycles. The molecule has 0 saturated carbocycles. The number of aliphatic hydroxyl groups excluding tert-OH is 7. The highest BCUT2D eigenvalue weighted by atomic mass is 16.4. The predicted octanol–water partition coefficient (Wildman–Crippen LogP) is -4.15. The Morgan fingerprint density at radius 3 is 1.63 bits per heavy atom. The Bertz CT molecular complexity index is 251. The summed E-state index contributed by atoms with van der Waals surface area (Å²) in [5, 5.41) is 64.8. The van der Waals surface area contributed by atoms with Crippen LogP contribution in [0.4, 0.5) is 0 Å². The van der Waals surface area contributed by atoms with E-state index < -0.39 is 43.7 Å². The van der Waals surface area contributed by atoms with Crippen LogP contribution in [0.1, 0.15) is 0 Å². The smallest absolute Gasteiger partial charge is 0.131 e. The van der Waals surface area contributed by atoms with Gasteiger partial charge in [0.1, 0.15) is 43.6 Å². The van der Waals surface area contributed by atoms with Gasteiger partial charge in [-0.05, 0) is 0 Å². The first-order chi connectivity index (χ1) is 8.64. The molecule has 19 heavy (non-hydrogen) atoms. The van der Waals surface area contributed by atoms with E-state index in [2.05, 4.69) is 0 Å². The van der Waals surface area contributed by atoms with E-state index in [1.807, 2.05) is 0 Å². The van der Waals surface area contributed by atoms with Gasteiger partial charge in [-0.3, -0.25) is 0 Å². The number of hydrogen-bond donors (Lipinski definition) is 7. The molecule has 0 radical (unpaired) electrons. The van der Waals surface area contributed by atoms with E-state index >= 15 is 0 Å². The minimum absolute atomic E-state index is 0.00651. The van der Waals surface area contributed by atoms with Crippen LogP contribution in [0.15, 0.2) is 0 Å². The third-order valence-electron chi connectivity index (χ3n) is 2.92. The van der Waals surface area contributed by atoms with E-state index in [4.69, 9.17) is 10.2 Å². The maximum absolute atomic E-state index is 9.79. The van der Waals surface area contributed by atoms with Crippen LogP contribution in [0.2, 0.25) is 0 Å². The minimum atomic E-state index is -1.66. The second kappa shape index (κ2) is 8.08. The van der Waals surface area contributed by atoms with Crippen molar-refractivity contribution in [2.75, 3.05) is 40.4 Å². The molecule has 8 nitrogen and oxygen atoms in total. The standard InChI is InChI=1S/C11H26NO7/c1-12(2,3-7(15)5-13)4-8(16)10(18)11(19)9(17)6-14/h7-11,13-19H,3-6H2,1-2H3/q+1/t7?,8-,9+,10?,11?/m0/s1.